The lowest BCUT2D eigenvalue weighted by Gasteiger charge is -2.45. The third-order valence-electron chi connectivity index (χ3n) is 5.28. The van der Waals surface area contributed by atoms with Gasteiger partial charge in [-0.2, -0.15) is 0 Å². The minimum Gasteiger partial charge on any atom is -0.393 e. The van der Waals surface area contributed by atoms with Crippen LogP contribution in [0.2, 0.25) is 0 Å². The van der Waals surface area contributed by atoms with Crippen molar-refractivity contribution in [3.63, 3.8) is 0 Å². The summed E-state index contributed by atoms with van der Waals surface area (Å²) >= 11 is 0. The summed E-state index contributed by atoms with van der Waals surface area (Å²) in [6.07, 6.45) is 9.50. The molecule has 2 aliphatic rings. The Morgan fingerprint density at radius 1 is 1.05 bits per heavy atom. The average Bonchev–Trinajstić information content (AvgIpc) is 2.38. The highest BCUT2D eigenvalue weighted by atomic mass is 16.3. The Morgan fingerprint density at radius 3 is 2.16 bits per heavy atom. The third kappa shape index (κ3) is 3.93. The number of hydrogen-bond acceptors (Lipinski definition) is 3. The third-order valence-corrected chi connectivity index (χ3v) is 5.28. The molecule has 2 fully saturated rings. The van der Waals surface area contributed by atoms with Gasteiger partial charge in [-0.1, -0.05) is 19.3 Å². The number of rotatable bonds is 4. The topological polar surface area (TPSA) is 43.7 Å². The predicted octanol–water partition coefficient (Wildman–Crippen LogP) is 2.41. The van der Waals surface area contributed by atoms with Crippen LogP contribution in [0.5, 0.6) is 0 Å². The van der Waals surface area contributed by atoms with Gasteiger partial charge in [0.2, 0.25) is 0 Å². The van der Waals surface area contributed by atoms with Crippen molar-refractivity contribution in [1.82, 2.24) is 4.90 Å². The highest BCUT2D eigenvalue weighted by Crippen LogP contribution is 2.42. The Bertz CT molecular complexity index is 266. The fraction of sp³-hybridized carbons (Fsp3) is 1.00. The van der Waals surface area contributed by atoms with Crippen molar-refractivity contribution in [2.45, 2.75) is 69.5 Å². The molecule has 19 heavy (non-hydrogen) atoms. The summed E-state index contributed by atoms with van der Waals surface area (Å²) in [5, 5.41) is 20.8. The summed E-state index contributed by atoms with van der Waals surface area (Å²) in [6.45, 7) is 0.983. The molecule has 2 saturated carbocycles. The molecular formula is C16H31NO2. The minimum absolute atomic E-state index is 0.0998. The molecule has 2 rings (SSSR count). The first kappa shape index (κ1) is 15.3. The molecule has 0 unspecified atom stereocenters. The molecule has 0 aliphatic heterocycles. The van der Waals surface area contributed by atoms with E-state index in [2.05, 4.69) is 19.0 Å². The van der Waals surface area contributed by atoms with Gasteiger partial charge in [-0.25, -0.2) is 0 Å². The van der Waals surface area contributed by atoms with Crippen LogP contribution in [0.1, 0.15) is 57.8 Å². The fourth-order valence-corrected chi connectivity index (χ4v) is 4.19. The van der Waals surface area contributed by atoms with Gasteiger partial charge in [0.05, 0.1) is 11.7 Å². The van der Waals surface area contributed by atoms with Crippen molar-refractivity contribution < 1.29 is 10.2 Å². The van der Waals surface area contributed by atoms with Crippen molar-refractivity contribution in [3.05, 3.63) is 0 Å². The van der Waals surface area contributed by atoms with Crippen molar-refractivity contribution in [2.24, 2.45) is 11.8 Å². The van der Waals surface area contributed by atoms with Gasteiger partial charge in [0.25, 0.3) is 0 Å². The molecule has 3 nitrogen and oxygen atoms in total. The van der Waals surface area contributed by atoms with E-state index in [1.54, 1.807) is 0 Å². The predicted molar refractivity (Wildman–Crippen MR) is 78.0 cm³/mol. The molecule has 0 heterocycles. The first-order valence-corrected chi connectivity index (χ1v) is 8.06. The highest BCUT2D eigenvalue weighted by Gasteiger charge is 2.42. The van der Waals surface area contributed by atoms with Crippen molar-refractivity contribution in [3.8, 4) is 0 Å². The van der Waals surface area contributed by atoms with E-state index in [-0.39, 0.29) is 6.10 Å². The standard InChI is InChI=1S/C16H31NO2/c1-17(2)12-15(13-6-8-14(18)9-7-13)16(19)10-4-3-5-11-16/h13-15,18-19H,3-12H2,1-2H3/t13?,14?,15-/m1/s1. The quantitative estimate of drug-likeness (QED) is 0.824. The van der Waals surface area contributed by atoms with Crippen molar-refractivity contribution in [2.75, 3.05) is 20.6 Å². The number of aliphatic hydroxyl groups is 2. The average molecular weight is 269 g/mol. The zero-order valence-electron chi connectivity index (χ0n) is 12.6. The lowest BCUT2D eigenvalue weighted by Crippen LogP contribution is -2.49. The molecule has 2 N–H and O–H groups in total. The van der Waals surface area contributed by atoms with Crippen LogP contribution in [-0.4, -0.2) is 47.5 Å². The number of aliphatic hydroxyl groups excluding tert-OH is 1. The molecule has 1 atom stereocenters. The molecule has 2 aliphatic carbocycles. The van der Waals surface area contributed by atoms with Gasteiger partial charge < -0.3 is 15.1 Å². The summed E-state index contributed by atoms with van der Waals surface area (Å²) in [6, 6.07) is 0. The second kappa shape index (κ2) is 6.55. The van der Waals surface area contributed by atoms with Crippen LogP contribution in [-0.2, 0) is 0 Å². The lowest BCUT2D eigenvalue weighted by atomic mass is 9.66. The minimum atomic E-state index is -0.449. The van der Waals surface area contributed by atoms with Crippen molar-refractivity contribution in [1.29, 1.82) is 0 Å². The Kier molecular flexibility index (Phi) is 5.27. The fourth-order valence-electron chi connectivity index (χ4n) is 4.19. The molecule has 3 heteroatoms. The van der Waals surface area contributed by atoms with E-state index in [4.69, 9.17) is 0 Å². The molecule has 0 saturated heterocycles. The van der Waals surface area contributed by atoms with Gasteiger partial charge >= 0.3 is 0 Å². The number of hydrogen-bond donors (Lipinski definition) is 2. The monoisotopic (exact) mass is 269 g/mol. The SMILES string of the molecule is CN(C)C[C@H](C1CCC(O)CC1)C1(O)CCCCC1. The summed E-state index contributed by atoms with van der Waals surface area (Å²) in [4.78, 5) is 2.22. The van der Waals surface area contributed by atoms with E-state index >= 15 is 0 Å². The molecule has 0 aromatic heterocycles. The zero-order valence-corrected chi connectivity index (χ0v) is 12.6. The Hall–Kier alpha value is -0.120. The Morgan fingerprint density at radius 2 is 1.63 bits per heavy atom. The van der Waals surface area contributed by atoms with Crippen LogP contribution >= 0.6 is 0 Å². The summed E-state index contributed by atoms with van der Waals surface area (Å²) in [7, 11) is 4.22. The number of nitrogens with zero attached hydrogens (tertiary/aromatic N) is 1. The van der Waals surface area contributed by atoms with E-state index < -0.39 is 5.60 Å². The lowest BCUT2D eigenvalue weighted by molar-refractivity contribution is -0.0871. The van der Waals surface area contributed by atoms with Crippen LogP contribution in [0, 0.1) is 11.8 Å². The second-order valence-electron chi connectivity index (χ2n) is 7.10. The van der Waals surface area contributed by atoms with Crippen LogP contribution in [0.3, 0.4) is 0 Å². The molecule has 0 bridgehead atoms. The normalized spacial score (nSPS) is 33.3. The Labute approximate surface area is 118 Å². The van der Waals surface area contributed by atoms with Gasteiger partial charge in [-0.05, 0) is 58.5 Å². The smallest absolute Gasteiger partial charge is 0.0690 e. The largest absolute Gasteiger partial charge is 0.393 e. The van der Waals surface area contributed by atoms with Gasteiger partial charge in [-0.3, -0.25) is 0 Å². The molecule has 112 valence electrons. The molecule has 0 aromatic rings. The molecular weight excluding hydrogens is 238 g/mol. The first-order valence-electron chi connectivity index (χ1n) is 8.06. The maximum atomic E-state index is 11.1. The molecule has 0 amide bonds. The summed E-state index contributed by atoms with van der Waals surface area (Å²) in [5.74, 6) is 0.976. The maximum absolute atomic E-state index is 11.1. The van der Waals surface area contributed by atoms with Crippen molar-refractivity contribution >= 4 is 0 Å². The second-order valence-corrected chi connectivity index (χ2v) is 7.10. The van der Waals surface area contributed by atoms with Gasteiger partial charge in [0.15, 0.2) is 0 Å². The zero-order chi connectivity index (χ0) is 13.9. The first-order chi connectivity index (χ1) is 9.01. The summed E-state index contributed by atoms with van der Waals surface area (Å²) < 4.78 is 0. The Balaban J connectivity index is 2.06. The van der Waals surface area contributed by atoms with Gasteiger partial charge in [0, 0.05) is 12.5 Å². The van der Waals surface area contributed by atoms with Crippen LogP contribution in [0.4, 0.5) is 0 Å². The van der Waals surface area contributed by atoms with Gasteiger partial charge in [-0.15, -0.1) is 0 Å². The van der Waals surface area contributed by atoms with Crippen LogP contribution < -0.4 is 0 Å². The van der Waals surface area contributed by atoms with E-state index in [0.29, 0.717) is 11.8 Å². The van der Waals surface area contributed by atoms with Crippen LogP contribution in [0.25, 0.3) is 0 Å². The van der Waals surface area contributed by atoms with E-state index in [1.165, 1.54) is 19.3 Å². The van der Waals surface area contributed by atoms with E-state index in [0.717, 1.165) is 45.1 Å². The maximum Gasteiger partial charge on any atom is 0.0690 e. The van der Waals surface area contributed by atoms with E-state index in [1.807, 2.05) is 0 Å². The molecule has 0 spiro atoms. The summed E-state index contributed by atoms with van der Waals surface area (Å²) in [5.41, 5.74) is -0.449. The van der Waals surface area contributed by atoms with Gasteiger partial charge in [0.1, 0.15) is 0 Å². The van der Waals surface area contributed by atoms with E-state index in [9.17, 15) is 10.2 Å². The molecule has 0 aromatic carbocycles. The highest BCUT2D eigenvalue weighted by molar-refractivity contribution is 4.94. The molecule has 0 radical (unpaired) electrons. The van der Waals surface area contributed by atoms with Crippen LogP contribution in [0.15, 0.2) is 0 Å².